The summed E-state index contributed by atoms with van der Waals surface area (Å²) >= 11 is 0. The molecule has 4 aromatic rings. The molecule has 1 saturated carbocycles. The molecule has 1 fully saturated rings. The van der Waals surface area contributed by atoms with E-state index in [2.05, 4.69) is 33.4 Å². The van der Waals surface area contributed by atoms with Crippen LogP contribution in [0.2, 0.25) is 0 Å². The van der Waals surface area contributed by atoms with Gasteiger partial charge in [0, 0.05) is 19.3 Å². The molecule has 3 N–H and O–H groups in total. The van der Waals surface area contributed by atoms with Crippen LogP contribution < -0.4 is 11.1 Å². The average Bonchev–Trinajstić information content (AvgIpc) is 3.30. The number of pyridine rings is 1. The fourth-order valence-corrected chi connectivity index (χ4v) is 5.56. The maximum absolute atomic E-state index is 15.2. The van der Waals surface area contributed by atoms with Crippen LogP contribution in [0.4, 0.5) is 20.4 Å². The monoisotopic (exact) mass is 531 g/mol. The van der Waals surface area contributed by atoms with Crippen molar-refractivity contribution in [3.63, 3.8) is 0 Å². The molecule has 5 rings (SSSR count). The summed E-state index contributed by atoms with van der Waals surface area (Å²) in [6, 6.07) is 9.58. The van der Waals surface area contributed by atoms with Gasteiger partial charge in [0.05, 0.1) is 52.4 Å². The Balaban J connectivity index is 1.49. The Morgan fingerprint density at radius 1 is 1.15 bits per heavy atom. The number of aromatic nitrogens is 4. The highest BCUT2D eigenvalue weighted by molar-refractivity contribution is 5.66. The Kier molecular flexibility index (Phi) is 7.05. The number of rotatable bonds is 6. The van der Waals surface area contributed by atoms with Crippen LogP contribution >= 0.6 is 0 Å². The largest absolute Gasteiger partial charge is 0.380 e. The zero-order valence-electron chi connectivity index (χ0n) is 22.3. The van der Waals surface area contributed by atoms with Gasteiger partial charge in [0.2, 0.25) is 5.95 Å². The summed E-state index contributed by atoms with van der Waals surface area (Å²) in [7, 11) is 1.70. The first-order chi connectivity index (χ1) is 18.6. The first kappa shape index (κ1) is 26.7. The molecule has 4 unspecified atom stereocenters. The summed E-state index contributed by atoms with van der Waals surface area (Å²) in [4.78, 5) is 8.76. The van der Waals surface area contributed by atoms with Gasteiger partial charge in [-0.25, -0.2) is 13.8 Å². The molecular formula is C29H31F2N7O. The van der Waals surface area contributed by atoms with Crippen molar-refractivity contribution in [2.75, 3.05) is 12.4 Å². The molecule has 8 nitrogen and oxygen atoms in total. The topological polar surface area (TPSA) is 114 Å². The van der Waals surface area contributed by atoms with E-state index in [1.165, 1.54) is 16.6 Å². The second-order valence-corrected chi connectivity index (χ2v) is 10.8. The second kappa shape index (κ2) is 10.3. The number of hydrogen-bond donors (Lipinski definition) is 2. The molecule has 0 aliphatic heterocycles. The van der Waals surface area contributed by atoms with Gasteiger partial charge in [-0.15, -0.1) is 0 Å². The molecule has 1 aliphatic carbocycles. The highest BCUT2D eigenvalue weighted by Crippen LogP contribution is 2.40. The van der Waals surface area contributed by atoms with Gasteiger partial charge in [-0.2, -0.15) is 14.9 Å². The molecule has 39 heavy (non-hydrogen) atoms. The average molecular weight is 532 g/mol. The van der Waals surface area contributed by atoms with Crippen molar-refractivity contribution in [2.45, 2.75) is 57.1 Å². The number of imidazole rings is 1. The van der Waals surface area contributed by atoms with Gasteiger partial charge in [0.15, 0.2) is 0 Å². The Bertz CT molecular complexity index is 1530. The Hall–Kier alpha value is -3.94. The normalized spacial score (nSPS) is 21.6. The zero-order valence-corrected chi connectivity index (χ0v) is 22.3. The van der Waals surface area contributed by atoms with Crippen molar-refractivity contribution in [2.24, 2.45) is 11.7 Å². The van der Waals surface area contributed by atoms with Crippen molar-refractivity contribution < 1.29 is 13.5 Å². The summed E-state index contributed by atoms with van der Waals surface area (Å²) in [5.74, 6) is -0.716. The molecule has 3 aromatic heterocycles. The first-order valence-electron chi connectivity index (χ1n) is 12.9. The van der Waals surface area contributed by atoms with Crippen LogP contribution in [0.1, 0.15) is 50.7 Å². The van der Waals surface area contributed by atoms with E-state index in [0.717, 1.165) is 24.1 Å². The number of halogens is 2. The van der Waals surface area contributed by atoms with Gasteiger partial charge < -0.3 is 15.8 Å². The number of hydrogen-bond acceptors (Lipinski definition) is 7. The fraction of sp³-hybridized carbons (Fsp3) is 0.379. The van der Waals surface area contributed by atoms with Crippen molar-refractivity contribution in [3.05, 3.63) is 71.7 Å². The van der Waals surface area contributed by atoms with Crippen LogP contribution in [-0.2, 0) is 10.2 Å². The van der Waals surface area contributed by atoms with Crippen LogP contribution in [-0.4, -0.2) is 38.8 Å². The molecule has 0 bridgehead atoms. The minimum Gasteiger partial charge on any atom is -0.380 e. The second-order valence-electron chi connectivity index (χ2n) is 10.8. The minimum atomic E-state index is -1.04. The summed E-state index contributed by atoms with van der Waals surface area (Å²) in [5.41, 5.74) is 7.96. The summed E-state index contributed by atoms with van der Waals surface area (Å²) in [6.07, 6.45) is 6.80. The van der Waals surface area contributed by atoms with Crippen LogP contribution in [0.15, 0.2) is 48.9 Å². The number of nitrogens with two attached hydrogens (primary N) is 1. The molecule has 3 heterocycles. The van der Waals surface area contributed by atoms with E-state index < -0.39 is 17.0 Å². The summed E-state index contributed by atoms with van der Waals surface area (Å²) in [5, 5.41) is 17.2. The molecule has 0 spiro atoms. The third-order valence-corrected chi connectivity index (χ3v) is 7.69. The van der Waals surface area contributed by atoms with Gasteiger partial charge >= 0.3 is 0 Å². The molecule has 10 heteroatoms. The lowest BCUT2D eigenvalue weighted by Crippen LogP contribution is -2.45. The Morgan fingerprint density at radius 3 is 2.56 bits per heavy atom. The molecule has 202 valence electrons. The van der Waals surface area contributed by atoms with E-state index in [9.17, 15) is 5.26 Å². The number of nitrogens with zero attached hydrogens (tertiary/aromatic N) is 5. The van der Waals surface area contributed by atoms with Gasteiger partial charge in [-0.05, 0) is 80.0 Å². The number of ether oxygens (including phenoxy) is 1. The Morgan fingerprint density at radius 2 is 1.90 bits per heavy atom. The van der Waals surface area contributed by atoms with Crippen LogP contribution in [0, 0.1) is 28.9 Å². The minimum absolute atomic E-state index is 0.0131. The Labute approximate surface area is 225 Å². The lowest BCUT2D eigenvalue weighted by atomic mass is 9.74. The highest BCUT2D eigenvalue weighted by atomic mass is 19.1. The standard InChI is InChI=1S/C29H31F2N7O/c1-16-9-17(10-23(33)27(16)39-4)20-7-8-34-14-25(20)36-28-35-13-19-5-6-24(37-38(19)28)26-21(30)11-18(12-22(26)31)29(2,3)15-32/h5-8,11-14,16-17,23,27H,9-10,33H2,1-4H3,(H,35,36). The lowest BCUT2D eigenvalue weighted by molar-refractivity contribution is 0.00984. The SMILES string of the molecule is COC1C(C)CC(c2ccncc2Nc2ncc3ccc(-c4c(F)cc(C(C)(C)C#N)cc4F)nn23)CC1N. The van der Waals surface area contributed by atoms with Gasteiger partial charge in [0.25, 0.3) is 0 Å². The highest BCUT2D eigenvalue weighted by Gasteiger charge is 2.35. The van der Waals surface area contributed by atoms with E-state index in [4.69, 9.17) is 10.5 Å². The van der Waals surface area contributed by atoms with Crippen LogP contribution in [0.5, 0.6) is 0 Å². The third kappa shape index (κ3) is 4.95. The molecule has 1 aromatic carbocycles. The van der Waals surface area contributed by atoms with Crippen molar-refractivity contribution in [1.29, 1.82) is 5.26 Å². The van der Waals surface area contributed by atoms with Crippen molar-refractivity contribution in [1.82, 2.24) is 19.6 Å². The first-order valence-corrected chi connectivity index (χ1v) is 12.9. The number of methoxy groups -OCH3 is 1. The molecular weight excluding hydrogens is 500 g/mol. The van der Waals surface area contributed by atoms with Gasteiger partial charge in [0.1, 0.15) is 11.6 Å². The van der Waals surface area contributed by atoms with E-state index in [1.54, 1.807) is 51.7 Å². The predicted molar refractivity (Wildman–Crippen MR) is 144 cm³/mol. The molecule has 0 saturated heterocycles. The van der Waals surface area contributed by atoms with Crippen LogP contribution in [0.25, 0.3) is 16.8 Å². The van der Waals surface area contributed by atoms with Gasteiger partial charge in [-0.1, -0.05) is 6.92 Å². The number of anilines is 2. The molecule has 0 radical (unpaired) electrons. The quantitative estimate of drug-likeness (QED) is 0.339. The summed E-state index contributed by atoms with van der Waals surface area (Å²) in [6.45, 7) is 5.37. The van der Waals surface area contributed by atoms with Crippen molar-refractivity contribution in [3.8, 4) is 17.3 Å². The third-order valence-electron chi connectivity index (χ3n) is 7.69. The van der Waals surface area contributed by atoms with E-state index in [1.807, 2.05) is 6.07 Å². The predicted octanol–water partition coefficient (Wildman–Crippen LogP) is 5.47. The van der Waals surface area contributed by atoms with E-state index in [-0.39, 0.29) is 40.8 Å². The fourth-order valence-electron chi connectivity index (χ4n) is 5.56. The maximum atomic E-state index is 15.2. The number of benzene rings is 1. The van der Waals surface area contributed by atoms with Crippen molar-refractivity contribution >= 4 is 17.2 Å². The van der Waals surface area contributed by atoms with E-state index in [0.29, 0.717) is 11.5 Å². The number of nitrogens with one attached hydrogen (secondary N) is 1. The van der Waals surface area contributed by atoms with Crippen LogP contribution in [0.3, 0.4) is 0 Å². The number of fused-ring (bicyclic) bond motifs is 1. The van der Waals surface area contributed by atoms with Gasteiger partial charge in [-0.3, -0.25) is 4.98 Å². The summed E-state index contributed by atoms with van der Waals surface area (Å²) < 4.78 is 37.4. The maximum Gasteiger partial charge on any atom is 0.229 e. The molecule has 1 aliphatic rings. The number of nitriles is 1. The van der Waals surface area contributed by atoms with E-state index >= 15 is 8.78 Å². The zero-order chi connectivity index (χ0) is 27.9. The molecule has 0 amide bonds. The molecule has 4 atom stereocenters. The lowest BCUT2D eigenvalue weighted by Gasteiger charge is -2.38. The smallest absolute Gasteiger partial charge is 0.229 e.